The Morgan fingerprint density at radius 1 is 1.45 bits per heavy atom. The molecule has 0 aliphatic heterocycles. The van der Waals surface area contributed by atoms with Gasteiger partial charge in [-0.05, 0) is 34.1 Å². The summed E-state index contributed by atoms with van der Waals surface area (Å²) in [5.74, 6) is -0.213. The Morgan fingerprint density at radius 3 is 3.05 bits per heavy atom. The maximum atomic E-state index is 11.9. The van der Waals surface area contributed by atoms with Crippen molar-refractivity contribution >= 4 is 39.1 Å². The molecule has 3 aromatic rings. The van der Waals surface area contributed by atoms with Crippen molar-refractivity contribution in [2.75, 3.05) is 0 Å². The molecule has 0 bridgehead atoms. The second-order valence-corrected chi connectivity index (χ2v) is 5.61. The summed E-state index contributed by atoms with van der Waals surface area (Å²) in [5, 5.41) is 3.29. The van der Waals surface area contributed by atoms with Gasteiger partial charge < -0.3 is 14.7 Å². The highest BCUT2D eigenvalue weighted by Crippen LogP contribution is 2.13. The molecular formula is C13H10BrClN4O. The molecule has 0 aliphatic rings. The van der Waals surface area contributed by atoms with Crippen LogP contribution in [0.1, 0.15) is 16.2 Å². The summed E-state index contributed by atoms with van der Waals surface area (Å²) < 4.78 is 2.87. The van der Waals surface area contributed by atoms with Gasteiger partial charge in [0.1, 0.15) is 11.3 Å². The normalized spacial score (nSPS) is 10.9. The number of fused-ring (bicyclic) bond motifs is 1. The zero-order chi connectivity index (χ0) is 14.1. The molecule has 0 unspecified atom stereocenters. The number of nitrogens with zero attached hydrogens (tertiary/aromatic N) is 2. The molecule has 2 N–H and O–H groups in total. The Morgan fingerprint density at radius 2 is 2.30 bits per heavy atom. The van der Waals surface area contributed by atoms with Crippen LogP contribution in [-0.2, 0) is 6.54 Å². The fourth-order valence-electron chi connectivity index (χ4n) is 1.87. The van der Waals surface area contributed by atoms with Crippen molar-refractivity contribution in [1.82, 2.24) is 19.7 Å². The van der Waals surface area contributed by atoms with Crippen molar-refractivity contribution in [2.24, 2.45) is 0 Å². The van der Waals surface area contributed by atoms with Crippen LogP contribution in [0, 0.1) is 0 Å². The van der Waals surface area contributed by atoms with E-state index in [9.17, 15) is 4.79 Å². The summed E-state index contributed by atoms with van der Waals surface area (Å²) >= 11 is 9.16. The quantitative estimate of drug-likeness (QED) is 0.760. The lowest BCUT2D eigenvalue weighted by atomic mass is 10.4. The van der Waals surface area contributed by atoms with E-state index in [0.29, 0.717) is 17.3 Å². The van der Waals surface area contributed by atoms with Crippen LogP contribution in [-0.4, -0.2) is 20.3 Å². The number of hydrogen-bond acceptors (Lipinski definition) is 2. The zero-order valence-electron chi connectivity index (χ0n) is 10.2. The van der Waals surface area contributed by atoms with E-state index in [1.807, 2.05) is 28.9 Å². The standard InChI is InChI=1S/C13H10BrClN4O/c14-8-1-2-12-18-10(7-19(12)6-8)5-17-13(20)11-3-9(15)4-16-11/h1-4,6-7,16H,5H2,(H,17,20). The molecule has 20 heavy (non-hydrogen) atoms. The Kier molecular flexibility index (Phi) is 3.50. The summed E-state index contributed by atoms with van der Waals surface area (Å²) in [6.45, 7) is 0.356. The van der Waals surface area contributed by atoms with E-state index in [1.54, 1.807) is 12.3 Å². The molecule has 1 amide bonds. The number of amides is 1. The van der Waals surface area contributed by atoms with Crippen LogP contribution in [0.3, 0.4) is 0 Å². The minimum Gasteiger partial charge on any atom is -0.356 e. The van der Waals surface area contributed by atoms with Crippen molar-refractivity contribution in [3.05, 3.63) is 57.7 Å². The molecule has 102 valence electrons. The van der Waals surface area contributed by atoms with Gasteiger partial charge in [0, 0.05) is 23.1 Å². The first kappa shape index (κ1) is 13.2. The van der Waals surface area contributed by atoms with Crippen LogP contribution in [0.4, 0.5) is 0 Å². The fraction of sp³-hybridized carbons (Fsp3) is 0.0769. The lowest BCUT2D eigenvalue weighted by molar-refractivity contribution is 0.0946. The van der Waals surface area contributed by atoms with E-state index < -0.39 is 0 Å². The first-order valence-corrected chi connectivity index (χ1v) is 7.04. The van der Waals surface area contributed by atoms with Crippen LogP contribution in [0.15, 0.2) is 41.3 Å². The summed E-state index contributed by atoms with van der Waals surface area (Å²) in [6, 6.07) is 5.41. The molecule has 0 saturated heterocycles. The lowest BCUT2D eigenvalue weighted by Crippen LogP contribution is -2.23. The van der Waals surface area contributed by atoms with E-state index in [0.717, 1.165) is 15.8 Å². The largest absolute Gasteiger partial charge is 0.356 e. The molecule has 0 radical (unpaired) electrons. The number of carbonyl (C=O) groups is 1. The molecule has 5 nitrogen and oxygen atoms in total. The summed E-state index contributed by atoms with van der Waals surface area (Å²) in [4.78, 5) is 19.1. The summed E-state index contributed by atoms with van der Waals surface area (Å²) in [5.41, 5.74) is 2.05. The van der Waals surface area contributed by atoms with Crippen molar-refractivity contribution in [3.63, 3.8) is 0 Å². The predicted molar refractivity (Wildman–Crippen MR) is 79.9 cm³/mol. The number of rotatable bonds is 3. The molecule has 3 heterocycles. The van der Waals surface area contributed by atoms with Crippen molar-refractivity contribution in [3.8, 4) is 0 Å². The van der Waals surface area contributed by atoms with Gasteiger partial charge in [-0.1, -0.05) is 11.6 Å². The molecule has 0 aromatic carbocycles. The zero-order valence-corrected chi connectivity index (χ0v) is 12.6. The average molecular weight is 354 g/mol. The number of carbonyl (C=O) groups excluding carboxylic acids is 1. The maximum Gasteiger partial charge on any atom is 0.268 e. The van der Waals surface area contributed by atoms with Crippen molar-refractivity contribution in [2.45, 2.75) is 6.54 Å². The number of H-pyrrole nitrogens is 1. The molecule has 0 saturated carbocycles. The number of nitrogens with one attached hydrogen (secondary N) is 2. The van der Waals surface area contributed by atoms with Crippen LogP contribution < -0.4 is 5.32 Å². The topological polar surface area (TPSA) is 62.2 Å². The maximum absolute atomic E-state index is 11.9. The second-order valence-electron chi connectivity index (χ2n) is 4.26. The van der Waals surface area contributed by atoms with E-state index in [1.165, 1.54) is 0 Å². The van der Waals surface area contributed by atoms with Gasteiger partial charge in [0.15, 0.2) is 0 Å². The van der Waals surface area contributed by atoms with Gasteiger partial charge in [0.05, 0.1) is 17.3 Å². The molecule has 0 spiro atoms. The number of pyridine rings is 1. The molecule has 0 fully saturated rings. The second kappa shape index (κ2) is 5.30. The first-order valence-electron chi connectivity index (χ1n) is 5.87. The third-order valence-corrected chi connectivity index (χ3v) is 3.47. The third-order valence-electron chi connectivity index (χ3n) is 2.79. The van der Waals surface area contributed by atoms with Crippen molar-refractivity contribution < 1.29 is 4.79 Å². The Hall–Kier alpha value is -1.79. The van der Waals surface area contributed by atoms with Crippen LogP contribution in [0.25, 0.3) is 5.65 Å². The molecule has 3 aromatic heterocycles. The Balaban J connectivity index is 1.72. The monoisotopic (exact) mass is 352 g/mol. The molecule has 0 atom stereocenters. The highest BCUT2D eigenvalue weighted by molar-refractivity contribution is 9.10. The van der Waals surface area contributed by atoms with Gasteiger partial charge in [-0.15, -0.1) is 0 Å². The van der Waals surface area contributed by atoms with Gasteiger partial charge in [0.2, 0.25) is 0 Å². The van der Waals surface area contributed by atoms with E-state index in [4.69, 9.17) is 11.6 Å². The van der Waals surface area contributed by atoms with Gasteiger partial charge in [-0.3, -0.25) is 4.79 Å². The molecule has 7 heteroatoms. The third kappa shape index (κ3) is 2.71. The number of hydrogen-bond donors (Lipinski definition) is 2. The van der Waals surface area contributed by atoms with Gasteiger partial charge >= 0.3 is 0 Å². The summed E-state index contributed by atoms with van der Waals surface area (Å²) in [6.07, 6.45) is 5.36. The van der Waals surface area contributed by atoms with E-state index in [2.05, 4.69) is 31.2 Å². The summed E-state index contributed by atoms with van der Waals surface area (Å²) in [7, 11) is 0. The molecular weight excluding hydrogens is 344 g/mol. The van der Waals surface area contributed by atoms with Crippen LogP contribution >= 0.6 is 27.5 Å². The first-order chi connectivity index (χ1) is 9.61. The number of aromatic nitrogens is 3. The lowest BCUT2D eigenvalue weighted by Gasteiger charge is -2.00. The van der Waals surface area contributed by atoms with E-state index in [-0.39, 0.29) is 5.91 Å². The molecule has 0 aliphatic carbocycles. The van der Waals surface area contributed by atoms with E-state index >= 15 is 0 Å². The average Bonchev–Trinajstić information content (AvgIpc) is 3.01. The number of aromatic amines is 1. The highest BCUT2D eigenvalue weighted by Gasteiger charge is 2.09. The van der Waals surface area contributed by atoms with Crippen molar-refractivity contribution in [1.29, 1.82) is 0 Å². The predicted octanol–water partition coefficient (Wildman–Crippen LogP) is 3.01. The highest BCUT2D eigenvalue weighted by atomic mass is 79.9. The molecule has 3 rings (SSSR count). The minimum absolute atomic E-state index is 0.213. The van der Waals surface area contributed by atoms with Gasteiger partial charge in [-0.25, -0.2) is 4.98 Å². The Bertz CT molecular complexity index is 780. The van der Waals surface area contributed by atoms with Gasteiger partial charge in [0.25, 0.3) is 5.91 Å². The van der Waals surface area contributed by atoms with Gasteiger partial charge in [-0.2, -0.15) is 0 Å². The smallest absolute Gasteiger partial charge is 0.268 e. The van der Waals surface area contributed by atoms with Crippen LogP contribution in [0.2, 0.25) is 5.02 Å². The van der Waals surface area contributed by atoms with Crippen LogP contribution in [0.5, 0.6) is 0 Å². The minimum atomic E-state index is -0.213. The number of halogens is 2. The number of imidazole rings is 1. The Labute approximate surface area is 128 Å². The fourth-order valence-corrected chi connectivity index (χ4v) is 2.38. The SMILES string of the molecule is O=C(NCc1cn2cc(Br)ccc2n1)c1cc(Cl)c[nH]1.